The van der Waals surface area contributed by atoms with Crippen LogP contribution in [0.4, 0.5) is 11.8 Å². The molecule has 4 aromatic rings. The Labute approximate surface area is 162 Å². The van der Waals surface area contributed by atoms with Crippen LogP contribution in [-0.2, 0) is 13.0 Å². The van der Waals surface area contributed by atoms with Gasteiger partial charge in [-0.1, -0.05) is 41.9 Å². The quantitative estimate of drug-likeness (QED) is 0.429. The summed E-state index contributed by atoms with van der Waals surface area (Å²) in [4.78, 5) is 12.1. The number of aromatic nitrogens is 3. The highest BCUT2D eigenvalue weighted by Gasteiger charge is 2.04. The Morgan fingerprint density at radius 1 is 0.963 bits per heavy atom. The monoisotopic (exact) mass is 377 g/mol. The number of anilines is 2. The number of nitrogens with zero attached hydrogens (tertiary/aromatic N) is 2. The molecule has 0 bridgehead atoms. The zero-order valence-electron chi connectivity index (χ0n) is 14.7. The molecule has 0 spiro atoms. The maximum absolute atomic E-state index is 5.92. The Morgan fingerprint density at radius 2 is 1.81 bits per heavy atom. The molecule has 5 nitrogen and oxygen atoms in total. The van der Waals surface area contributed by atoms with Gasteiger partial charge in [0.2, 0.25) is 5.95 Å². The normalized spacial score (nSPS) is 10.9. The predicted molar refractivity (Wildman–Crippen MR) is 111 cm³/mol. The lowest BCUT2D eigenvalue weighted by Gasteiger charge is -2.08. The molecule has 0 saturated heterocycles. The van der Waals surface area contributed by atoms with Gasteiger partial charge in [0, 0.05) is 41.4 Å². The fraction of sp³-hybridized carbons (Fsp3) is 0.143. The van der Waals surface area contributed by atoms with Crippen LogP contribution in [0.2, 0.25) is 5.02 Å². The van der Waals surface area contributed by atoms with E-state index in [0.717, 1.165) is 34.9 Å². The lowest BCUT2D eigenvalue weighted by molar-refractivity contribution is 0.985. The molecule has 0 radical (unpaired) electrons. The van der Waals surface area contributed by atoms with Crippen molar-refractivity contribution in [3.8, 4) is 0 Å². The summed E-state index contributed by atoms with van der Waals surface area (Å²) in [5, 5.41) is 8.61. The lowest BCUT2D eigenvalue weighted by Crippen LogP contribution is -2.09. The van der Waals surface area contributed by atoms with E-state index in [-0.39, 0.29) is 0 Å². The van der Waals surface area contributed by atoms with E-state index >= 15 is 0 Å². The molecule has 0 aliphatic carbocycles. The molecule has 2 heterocycles. The molecular formula is C21H20ClN5. The summed E-state index contributed by atoms with van der Waals surface area (Å²) in [6.45, 7) is 1.45. The molecule has 27 heavy (non-hydrogen) atoms. The minimum Gasteiger partial charge on any atom is -0.366 e. The van der Waals surface area contributed by atoms with Crippen molar-refractivity contribution in [2.75, 3.05) is 17.2 Å². The molecule has 0 fully saturated rings. The smallest absolute Gasteiger partial charge is 0.224 e. The first-order chi connectivity index (χ1) is 13.3. The van der Waals surface area contributed by atoms with Crippen LogP contribution in [0.15, 0.2) is 67.0 Å². The molecule has 2 aromatic carbocycles. The predicted octanol–water partition coefficient (Wildman–Crippen LogP) is 4.88. The average Bonchev–Trinajstić information content (AvgIpc) is 3.11. The van der Waals surface area contributed by atoms with Crippen LogP contribution >= 0.6 is 11.6 Å². The molecule has 0 aliphatic rings. The summed E-state index contributed by atoms with van der Waals surface area (Å²) >= 11 is 5.92. The fourth-order valence-corrected chi connectivity index (χ4v) is 3.11. The molecule has 0 atom stereocenters. The Bertz CT molecular complexity index is 1030. The molecule has 0 unspecified atom stereocenters. The van der Waals surface area contributed by atoms with Gasteiger partial charge in [0.25, 0.3) is 0 Å². The molecule has 4 rings (SSSR count). The Balaban J connectivity index is 1.33. The molecule has 3 N–H and O–H groups in total. The van der Waals surface area contributed by atoms with Crippen LogP contribution in [0.25, 0.3) is 10.9 Å². The van der Waals surface area contributed by atoms with Gasteiger partial charge in [0.1, 0.15) is 5.82 Å². The summed E-state index contributed by atoms with van der Waals surface area (Å²) in [5.74, 6) is 1.41. The number of fused-ring (bicyclic) bond motifs is 1. The van der Waals surface area contributed by atoms with E-state index in [0.29, 0.717) is 12.5 Å². The molecule has 0 saturated carbocycles. The number of nitrogens with one attached hydrogen (secondary N) is 3. The van der Waals surface area contributed by atoms with Crippen molar-refractivity contribution in [1.82, 2.24) is 15.0 Å². The third kappa shape index (κ3) is 4.38. The van der Waals surface area contributed by atoms with Gasteiger partial charge in [0.15, 0.2) is 0 Å². The first-order valence-electron chi connectivity index (χ1n) is 8.88. The van der Waals surface area contributed by atoms with E-state index in [1.165, 1.54) is 10.9 Å². The van der Waals surface area contributed by atoms with E-state index in [9.17, 15) is 0 Å². The zero-order chi connectivity index (χ0) is 18.5. The van der Waals surface area contributed by atoms with Crippen molar-refractivity contribution >= 4 is 34.3 Å². The van der Waals surface area contributed by atoms with Gasteiger partial charge < -0.3 is 15.6 Å². The first-order valence-corrected chi connectivity index (χ1v) is 9.26. The van der Waals surface area contributed by atoms with E-state index < -0.39 is 0 Å². The van der Waals surface area contributed by atoms with E-state index in [1.54, 1.807) is 6.20 Å². The number of para-hydroxylation sites is 1. The van der Waals surface area contributed by atoms with Crippen molar-refractivity contribution in [3.05, 3.63) is 83.1 Å². The lowest BCUT2D eigenvalue weighted by atomic mass is 10.1. The second kappa shape index (κ2) is 8.10. The molecule has 136 valence electrons. The fourth-order valence-electron chi connectivity index (χ4n) is 2.98. The summed E-state index contributed by atoms with van der Waals surface area (Å²) < 4.78 is 0. The molecular weight excluding hydrogens is 358 g/mol. The van der Waals surface area contributed by atoms with Gasteiger partial charge in [0.05, 0.1) is 0 Å². The van der Waals surface area contributed by atoms with Crippen LogP contribution < -0.4 is 10.6 Å². The molecule has 2 aromatic heterocycles. The highest BCUT2D eigenvalue weighted by Crippen LogP contribution is 2.18. The number of halogens is 1. The Morgan fingerprint density at radius 3 is 2.70 bits per heavy atom. The SMILES string of the molecule is Clc1ccc(CNc2ccnc(NCCc3c[nH]c4ccccc34)n2)cc1. The Kier molecular flexibility index (Phi) is 5.21. The van der Waals surface area contributed by atoms with E-state index in [1.807, 2.05) is 36.4 Å². The number of rotatable bonds is 7. The third-order valence-electron chi connectivity index (χ3n) is 4.39. The van der Waals surface area contributed by atoms with Crippen LogP contribution in [-0.4, -0.2) is 21.5 Å². The van der Waals surface area contributed by atoms with Crippen molar-refractivity contribution in [3.63, 3.8) is 0 Å². The third-order valence-corrected chi connectivity index (χ3v) is 4.65. The maximum Gasteiger partial charge on any atom is 0.224 e. The summed E-state index contributed by atoms with van der Waals surface area (Å²) in [6, 6.07) is 18.0. The first kappa shape index (κ1) is 17.4. The number of aromatic amines is 1. The van der Waals surface area contributed by atoms with Crippen LogP contribution in [0.1, 0.15) is 11.1 Å². The topological polar surface area (TPSA) is 65.6 Å². The van der Waals surface area contributed by atoms with E-state index in [4.69, 9.17) is 11.6 Å². The average molecular weight is 378 g/mol. The highest BCUT2D eigenvalue weighted by atomic mass is 35.5. The number of H-pyrrole nitrogens is 1. The van der Waals surface area contributed by atoms with Crippen LogP contribution in [0.5, 0.6) is 0 Å². The van der Waals surface area contributed by atoms with Gasteiger partial charge in [-0.05, 0) is 41.8 Å². The summed E-state index contributed by atoms with van der Waals surface area (Å²) in [6.07, 6.45) is 4.72. The molecule has 6 heteroatoms. The number of hydrogen-bond donors (Lipinski definition) is 3. The van der Waals surface area contributed by atoms with Gasteiger partial charge in [-0.3, -0.25) is 0 Å². The standard InChI is InChI=1S/C21H20ClN5/c22-17-7-5-15(6-8-17)13-26-20-10-12-24-21(27-20)23-11-9-16-14-25-19-4-2-1-3-18(16)19/h1-8,10,12,14,25H,9,11,13H2,(H2,23,24,26,27). The van der Waals surface area contributed by atoms with Gasteiger partial charge >= 0.3 is 0 Å². The second-order valence-corrected chi connectivity index (χ2v) is 6.72. The zero-order valence-corrected chi connectivity index (χ0v) is 15.5. The molecule has 0 aliphatic heterocycles. The van der Waals surface area contributed by atoms with Crippen molar-refractivity contribution in [2.24, 2.45) is 0 Å². The largest absolute Gasteiger partial charge is 0.366 e. The van der Waals surface area contributed by atoms with Gasteiger partial charge in [-0.15, -0.1) is 0 Å². The highest BCUT2D eigenvalue weighted by molar-refractivity contribution is 6.30. The van der Waals surface area contributed by atoms with Crippen molar-refractivity contribution < 1.29 is 0 Å². The van der Waals surface area contributed by atoms with Crippen molar-refractivity contribution in [1.29, 1.82) is 0 Å². The number of benzene rings is 2. The van der Waals surface area contributed by atoms with Gasteiger partial charge in [-0.25, -0.2) is 4.98 Å². The summed E-state index contributed by atoms with van der Waals surface area (Å²) in [5.41, 5.74) is 3.60. The van der Waals surface area contributed by atoms with Crippen molar-refractivity contribution in [2.45, 2.75) is 13.0 Å². The molecule has 0 amide bonds. The van der Waals surface area contributed by atoms with Crippen LogP contribution in [0, 0.1) is 0 Å². The van der Waals surface area contributed by atoms with Gasteiger partial charge in [-0.2, -0.15) is 4.98 Å². The minimum absolute atomic E-state index is 0.621. The number of hydrogen-bond acceptors (Lipinski definition) is 4. The second-order valence-electron chi connectivity index (χ2n) is 6.28. The summed E-state index contributed by atoms with van der Waals surface area (Å²) in [7, 11) is 0. The minimum atomic E-state index is 0.621. The Hall–Kier alpha value is -3.05. The van der Waals surface area contributed by atoms with E-state index in [2.05, 4.69) is 50.0 Å². The maximum atomic E-state index is 5.92. The van der Waals surface area contributed by atoms with Crippen LogP contribution in [0.3, 0.4) is 0 Å².